The van der Waals surface area contributed by atoms with Crippen LogP contribution in [0.15, 0.2) is 45.5 Å². The third kappa shape index (κ3) is 2.65. The molecule has 2 rings (SSSR count). The Kier molecular flexibility index (Phi) is 3.76. The number of furan rings is 1. The molecule has 1 heterocycles. The standard InChI is InChI=1S/C13H12BrNO2/c14-11-5-6-17-13(11)12(16)7-9-3-1-2-4-10(9)8-15/h1-6H,7-8,15H2. The van der Waals surface area contributed by atoms with E-state index in [1.807, 2.05) is 24.3 Å². The molecule has 0 radical (unpaired) electrons. The minimum atomic E-state index is -0.0530. The van der Waals surface area contributed by atoms with Crippen LogP contribution in [0.25, 0.3) is 0 Å². The molecule has 0 saturated carbocycles. The normalized spacial score (nSPS) is 10.5. The highest BCUT2D eigenvalue weighted by atomic mass is 79.9. The van der Waals surface area contributed by atoms with Crippen LogP contribution in [-0.4, -0.2) is 5.78 Å². The summed E-state index contributed by atoms with van der Waals surface area (Å²) in [5, 5.41) is 0. The average Bonchev–Trinajstić information content (AvgIpc) is 2.76. The molecular weight excluding hydrogens is 282 g/mol. The fraction of sp³-hybridized carbons (Fsp3) is 0.154. The number of Topliss-reactive ketones (excluding diaryl/α,β-unsaturated/α-hetero) is 1. The molecule has 2 aromatic rings. The maximum absolute atomic E-state index is 12.0. The van der Waals surface area contributed by atoms with E-state index < -0.39 is 0 Å². The maximum atomic E-state index is 12.0. The summed E-state index contributed by atoms with van der Waals surface area (Å²) in [6.07, 6.45) is 1.80. The van der Waals surface area contributed by atoms with Crippen molar-refractivity contribution < 1.29 is 9.21 Å². The summed E-state index contributed by atoms with van der Waals surface area (Å²) < 4.78 is 5.83. The lowest BCUT2D eigenvalue weighted by Gasteiger charge is -2.05. The molecule has 2 N–H and O–H groups in total. The fourth-order valence-electron chi connectivity index (χ4n) is 1.68. The van der Waals surface area contributed by atoms with Gasteiger partial charge in [-0.15, -0.1) is 0 Å². The van der Waals surface area contributed by atoms with Gasteiger partial charge in [0.2, 0.25) is 5.78 Å². The predicted octanol–water partition coefficient (Wildman–Crippen LogP) is 2.93. The molecule has 0 aliphatic heterocycles. The van der Waals surface area contributed by atoms with E-state index >= 15 is 0 Å². The fourth-order valence-corrected chi connectivity index (χ4v) is 2.10. The van der Waals surface area contributed by atoms with Gasteiger partial charge in [0, 0.05) is 13.0 Å². The molecule has 88 valence electrons. The molecule has 4 heteroatoms. The number of ketones is 1. The van der Waals surface area contributed by atoms with E-state index in [4.69, 9.17) is 10.2 Å². The van der Waals surface area contributed by atoms with Crippen LogP contribution in [0.3, 0.4) is 0 Å². The van der Waals surface area contributed by atoms with Crippen molar-refractivity contribution in [3.8, 4) is 0 Å². The summed E-state index contributed by atoms with van der Waals surface area (Å²) in [5.41, 5.74) is 7.57. The third-order valence-electron chi connectivity index (χ3n) is 2.56. The second-order valence-electron chi connectivity index (χ2n) is 3.67. The summed E-state index contributed by atoms with van der Waals surface area (Å²) in [6, 6.07) is 9.37. The van der Waals surface area contributed by atoms with Crippen LogP contribution in [0.1, 0.15) is 21.7 Å². The Hall–Kier alpha value is -1.39. The highest BCUT2D eigenvalue weighted by Gasteiger charge is 2.15. The topological polar surface area (TPSA) is 56.2 Å². The van der Waals surface area contributed by atoms with E-state index in [-0.39, 0.29) is 5.78 Å². The van der Waals surface area contributed by atoms with Crippen LogP contribution in [-0.2, 0) is 13.0 Å². The van der Waals surface area contributed by atoms with Gasteiger partial charge in [-0.25, -0.2) is 0 Å². The number of halogens is 1. The number of hydrogen-bond donors (Lipinski definition) is 1. The largest absolute Gasteiger partial charge is 0.460 e. The Morgan fingerprint density at radius 1 is 1.24 bits per heavy atom. The lowest BCUT2D eigenvalue weighted by Crippen LogP contribution is -2.07. The van der Waals surface area contributed by atoms with Crippen molar-refractivity contribution in [3.05, 3.63) is 58.0 Å². The molecule has 17 heavy (non-hydrogen) atoms. The Labute approximate surface area is 108 Å². The van der Waals surface area contributed by atoms with Gasteiger partial charge in [0.25, 0.3) is 0 Å². The van der Waals surface area contributed by atoms with E-state index in [0.29, 0.717) is 23.2 Å². The molecule has 0 saturated heterocycles. The van der Waals surface area contributed by atoms with Crippen LogP contribution < -0.4 is 5.73 Å². The molecule has 0 amide bonds. The summed E-state index contributed by atoms with van der Waals surface area (Å²) in [4.78, 5) is 12.0. The minimum absolute atomic E-state index is 0.0530. The van der Waals surface area contributed by atoms with E-state index in [1.165, 1.54) is 6.26 Å². The van der Waals surface area contributed by atoms with E-state index in [0.717, 1.165) is 11.1 Å². The molecule has 0 unspecified atom stereocenters. The van der Waals surface area contributed by atoms with Crippen molar-refractivity contribution in [1.82, 2.24) is 0 Å². The predicted molar refractivity (Wildman–Crippen MR) is 68.8 cm³/mol. The molecule has 3 nitrogen and oxygen atoms in total. The first-order chi connectivity index (χ1) is 8.22. The van der Waals surface area contributed by atoms with E-state index in [1.54, 1.807) is 6.07 Å². The highest BCUT2D eigenvalue weighted by molar-refractivity contribution is 9.10. The molecule has 1 aromatic carbocycles. The molecule has 0 atom stereocenters. The van der Waals surface area contributed by atoms with Gasteiger partial charge in [0.15, 0.2) is 5.76 Å². The molecule has 0 bridgehead atoms. The molecule has 0 aliphatic rings. The lowest BCUT2D eigenvalue weighted by molar-refractivity contribution is 0.0965. The zero-order chi connectivity index (χ0) is 12.3. The lowest BCUT2D eigenvalue weighted by atomic mass is 10.0. The Balaban J connectivity index is 2.22. The van der Waals surface area contributed by atoms with Gasteiger partial charge in [-0.3, -0.25) is 4.79 Å². The monoisotopic (exact) mass is 293 g/mol. The molecular formula is C13H12BrNO2. The zero-order valence-electron chi connectivity index (χ0n) is 9.15. The molecule has 0 aliphatic carbocycles. The average molecular weight is 294 g/mol. The van der Waals surface area contributed by atoms with Crippen molar-refractivity contribution in [2.45, 2.75) is 13.0 Å². The number of hydrogen-bond acceptors (Lipinski definition) is 3. The first-order valence-corrected chi connectivity index (χ1v) is 6.04. The van der Waals surface area contributed by atoms with Gasteiger partial charge in [-0.1, -0.05) is 24.3 Å². The number of carbonyl (C=O) groups excluding carboxylic acids is 1. The Bertz CT molecular complexity index is 534. The van der Waals surface area contributed by atoms with Crippen LogP contribution in [0.5, 0.6) is 0 Å². The Morgan fingerprint density at radius 3 is 2.53 bits per heavy atom. The smallest absolute Gasteiger partial charge is 0.203 e. The van der Waals surface area contributed by atoms with Crippen LogP contribution in [0.2, 0.25) is 0 Å². The summed E-state index contributed by atoms with van der Waals surface area (Å²) in [5.74, 6) is 0.305. The van der Waals surface area contributed by atoms with E-state index in [2.05, 4.69) is 15.9 Å². The van der Waals surface area contributed by atoms with Crippen LogP contribution >= 0.6 is 15.9 Å². The van der Waals surface area contributed by atoms with Crippen molar-refractivity contribution in [2.24, 2.45) is 5.73 Å². The summed E-state index contributed by atoms with van der Waals surface area (Å²) in [7, 11) is 0. The SMILES string of the molecule is NCc1ccccc1CC(=O)c1occc1Br. The van der Waals surface area contributed by atoms with Crippen molar-refractivity contribution >= 4 is 21.7 Å². The highest BCUT2D eigenvalue weighted by Crippen LogP contribution is 2.20. The van der Waals surface area contributed by atoms with Crippen molar-refractivity contribution in [3.63, 3.8) is 0 Å². The second kappa shape index (κ2) is 5.29. The van der Waals surface area contributed by atoms with Crippen LogP contribution in [0, 0.1) is 0 Å². The third-order valence-corrected chi connectivity index (χ3v) is 3.18. The van der Waals surface area contributed by atoms with Crippen LogP contribution in [0.4, 0.5) is 0 Å². The van der Waals surface area contributed by atoms with E-state index in [9.17, 15) is 4.79 Å². The quantitative estimate of drug-likeness (QED) is 0.882. The number of benzene rings is 1. The van der Waals surface area contributed by atoms with Gasteiger partial charge >= 0.3 is 0 Å². The molecule has 0 fully saturated rings. The number of carbonyl (C=O) groups is 1. The first kappa shape index (κ1) is 12.1. The van der Waals surface area contributed by atoms with Gasteiger partial charge in [-0.05, 0) is 33.1 Å². The van der Waals surface area contributed by atoms with Gasteiger partial charge in [0.05, 0.1) is 10.7 Å². The Morgan fingerprint density at radius 2 is 1.94 bits per heavy atom. The summed E-state index contributed by atoms with van der Waals surface area (Å²) in [6.45, 7) is 0.433. The van der Waals surface area contributed by atoms with Crippen molar-refractivity contribution in [1.29, 1.82) is 0 Å². The second-order valence-corrected chi connectivity index (χ2v) is 4.52. The minimum Gasteiger partial charge on any atom is -0.460 e. The molecule has 0 spiro atoms. The number of nitrogens with two attached hydrogens (primary N) is 1. The van der Waals surface area contributed by atoms with Gasteiger partial charge in [0.1, 0.15) is 0 Å². The first-order valence-electron chi connectivity index (χ1n) is 5.25. The van der Waals surface area contributed by atoms with Gasteiger partial charge < -0.3 is 10.2 Å². The molecule has 1 aromatic heterocycles. The van der Waals surface area contributed by atoms with Gasteiger partial charge in [-0.2, -0.15) is 0 Å². The van der Waals surface area contributed by atoms with Crippen molar-refractivity contribution in [2.75, 3.05) is 0 Å². The zero-order valence-corrected chi connectivity index (χ0v) is 10.7. The number of rotatable bonds is 4. The maximum Gasteiger partial charge on any atom is 0.203 e. The summed E-state index contributed by atoms with van der Waals surface area (Å²) >= 11 is 3.28.